The van der Waals surface area contributed by atoms with Crippen LogP contribution in [-0.4, -0.2) is 24.5 Å². The number of nitrogens with one attached hydrogen (secondary N) is 1. The molecule has 0 saturated carbocycles. The van der Waals surface area contributed by atoms with E-state index in [9.17, 15) is 18.0 Å². The summed E-state index contributed by atoms with van der Waals surface area (Å²) in [6, 6.07) is 3.37. The first-order valence-corrected chi connectivity index (χ1v) is 7.43. The van der Waals surface area contributed by atoms with Crippen LogP contribution in [0.5, 0.6) is 0 Å². The van der Waals surface area contributed by atoms with E-state index in [0.717, 1.165) is 12.1 Å². The number of amides is 1. The first kappa shape index (κ1) is 16.3. The Morgan fingerprint density at radius 2 is 2.00 bits per heavy atom. The molecule has 0 radical (unpaired) electrons. The van der Waals surface area contributed by atoms with Crippen LogP contribution in [0.15, 0.2) is 22.7 Å². The SMILES string of the molecule is CC(C)NC1CCN(c2cc(Br)cc(C(F)(F)F)c2)C1=O. The van der Waals surface area contributed by atoms with Gasteiger partial charge >= 0.3 is 6.18 Å². The number of nitrogens with zero attached hydrogens (tertiary/aromatic N) is 1. The lowest BCUT2D eigenvalue weighted by molar-refractivity contribution is -0.137. The first-order chi connectivity index (χ1) is 9.68. The molecule has 1 aliphatic heterocycles. The average Bonchev–Trinajstić information content (AvgIpc) is 2.68. The Kier molecular flexibility index (Phi) is 4.63. The molecule has 116 valence electrons. The zero-order chi connectivity index (χ0) is 15.8. The van der Waals surface area contributed by atoms with Gasteiger partial charge in [0.1, 0.15) is 0 Å². The van der Waals surface area contributed by atoms with Crippen molar-refractivity contribution < 1.29 is 18.0 Å². The Hall–Kier alpha value is -1.08. The Balaban J connectivity index is 2.27. The van der Waals surface area contributed by atoms with Gasteiger partial charge in [-0.25, -0.2) is 0 Å². The van der Waals surface area contributed by atoms with Gasteiger partial charge in [-0.2, -0.15) is 13.2 Å². The summed E-state index contributed by atoms with van der Waals surface area (Å²) >= 11 is 3.07. The number of hydrogen-bond acceptors (Lipinski definition) is 2. The molecule has 3 nitrogen and oxygen atoms in total. The third kappa shape index (κ3) is 3.77. The van der Waals surface area contributed by atoms with Gasteiger partial charge in [-0.1, -0.05) is 29.8 Å². The number of hydrogen-bond donors (Lipinski definition) is 1. The lowest BCUT2D eigenvalue weighted by Crippen LogP contribution is -2.41. The van der Waals surface area contributed by atoms with Crippen LogP contribution in [0, 0.1) is 0 Å². The van der Waals surface area contributed by atoms with Crippen molar-refractivity contribution in [3.63, 3.8) is 0 Å². The third-order valence-corrected chi connectivity index (χ3v) is 3.72. The van der Waals surface area contributed by atoms with Gasteiger partial charge in [0.15, 0.2) is 0 Å². The second kappa shape index (κ2) is 5.96. The number of carbonyl (C=O) groups is 1. The topological polar surface area (TPSA) is 32.3 Å². The lowest BCUT2D eigenvalue weighted by atomic mass is 10.2. The minimum atomic E-state index is -4.43. The van der Waals surface area contributed by atoms with Crippen molar-refractivity contribution in [1.29, 1.82) is 0 Å². The summed E-state index contributed by atoms with van der Waals surface area (Å²) in [4.78, 5) is 13.7. The summed E-state index contributed by atoms with van der Waals surface area (Å²) < 4.78 is 38.8. The molecule has 1 saturated heterocycles. The number of carbonyl (C=O) groups excluding carboxylic acids is 1. The smallest absolute Gasteiger partial charge is 0.311 e. The van der Waals surface area contributed by atoms with Crippen molar-refractivity contribution in [3.8, 4) is 0 Å². The van der Waals surface area contributed by atoms with Crippen molar-refractivity contribution in [1.82, 2.24) is 5.32 Å². The highest BCUT2D eigenvalue weighted by atomic mass is 79.9. The summed E-state index contributed by atoms with van der Waals surface area (Å²) in [6.45, 7) is 4.27. The average molecular weight is 365 g/mol. The number of benzene rings is 1. The summed E-state index contributed by atoms with van der Waals surface area (Å²) in [6.07, 6.45) is -3.85. The Morgan fingerprint density at radius 3 is 2.57 bits per heavy atom. The minimum Gasteiger partial charge on any atom is -0.311 e. The zero-order valence-electron chi connectivity index (χ0n) is 11.7. The molecular weight excluding hydrogens is 349 g/mol. The maximum absolute atomic E-state index is 12.8. The molecule has 1 aliphatic rings. The maximum atomic E-state index is 12.8. The van der Waals surface area contributed by atoms with Gasteiger partial charge in [0.05, 0.1) is 11.6 Å². The van der Waals surface area contributed by atoms with Crippen molar-refractivity contribution in [2.45, 2.75) is 38.5 Å². The van der Waals surface area contributed by atoms with Crippen molar-refractivity contribution >= 4 is 27.5 Å². The van der Waals surface area contributed by atoms with Gasteiger partial charge in [-0.15, -0.1) is 0 Å². The highest BCUT2D eigenvalue weighted by Crippen LogP contribution is 2.35. The molecule has 1 N–H and O–H groups in total. The summed E-state index contributed by atoms with van der Waals surface area (Å²) in [5, 5.41) is 3.13. The van der Waals surface area contributed by atoms with Gasteiger partial charge in [0, 0.05) is 22.7 Å². The standard InChI is InChI=1S/C14H16BrF3N2O/c1-8(2)19-12-3-4-20(13(12)21)11-6-9(14(16,17)18)5-10(15)7-11/h5-8,12,19H,3-4H2,1-2H3. The number of rotatable bonds is 3. The predicted molar refractivity (Wildman–Crippen MR) is 78.2 cm³/mol. The number of alkyl halides is 3. The van der Waals surface area contributed by atoms with E-state index < -0.39 is 11.7 Å². The second-order valence-corrected chi connectivity index (χ2v) is 6.26. The molecule has 21 heavy (non-hydrogen) atoms. The monoisotopic (exact) mass is 364 g/mol. The van der Waals surface area contributed by atoms with Crippen LogP contribution in [0.3, 0.4) is 0 Å². The van der Waals surface area contributed by atoms with Gasteiger partial charge in [-0.3, -0.25) is 4.79 Å². The van der Waals surface area contributed by atoms with Crippen LogP contribution in [0.1, 0.15) is 25.8 Å². The van der Waals surface area contributed by atoms with E-state index in [1.54, 1.807) is 0 Å². The molecule has 1 amide bonds. The molecule has 1 atom stereocenters. The second-order valence-electron chi connectivity index (χ2n) is 5.35. The van der Waals surface area contributed by atoms with E-state index in [0.29, 0.717) is 17.4 Å². The minimum absolute atomic E-state index is 0.146. The Bertz CT molecular complexity index is 546. The molecule has 1 unspecified atom stereocenters. The van der Waals surface area contributed by atoms with Crippen LogP contribution in [0.25, 0.3) is 0 Å². The quantitative estimate of drug-likeness (QED) is 0.888. The van der Waals surface area contributed by atoms with Crippen LogP contribution >= 0.6 is 15.9 Å². The molecule has 7 heteroatoms. The highest BCUT2D eigenvalue weighted by Gasteiger charge is 2.35. The molecule has 1 fully saturated rings. The van der Waals surface area contributed by atoms with Crippen LogP contribution < -0.4 is 10.2 Å². The normalized spacial score (nSPS) is 19.7. The number of anilines is 1. The Morgan fingerprint density at radius 1 is 1.33 bits per heavy atom. The van der Waals surface area contributed by atoms with E-state index >= 15 is 0 Å². The van der Waals surface area contributed by atoms with Gasteiger partial charge in [0.25, 0.3) is 0 Å². The van der Waals surface area contributed by atoms with E-state index in [1.807, 2.05) is 13.8 Å². The van der Waals surface area contributed by atoms with Crippen molar-refractivity contribution in [2.24, 2.45) is 0 Å². The van der Waals surface area contributed by atoms with Crippen molar-refractivity contribution in [2.75, 3.05) is 11.4 Å². The molecule has 0 aliphatic carbocycles. The summed E-state index contributed by atoms with van der Waals surface area (Å²) in [5.74, 6) is -0.185. The first-order valence-electron chi connectivity index (χ1n) is 6.63. The molecule has 0 aromatic heterocycles. The summed E-state index contributed by atoms with van der Waals surface area (Å²) in [7, 11) is 0. The predicted octanol–water partition coefficient (Wildman–Crippen LogP) is 3.57. The van der Waals surface area contributed by atoms with Gasteiger partial charge in [-0.05, 0) is 24.6 Å². The molecule has 0 spiro atoms. The molecule has 1 heterocycles. The van der Waals surface area contributed by atoms with Gasteiger partial charge < -0.3 is 10.2 Å². The van der Waals surface area contributed by atoms with E-state index in [4.69, 9.17) is 0 Å². The third-order valence-electron chi connectivity index (χ3n) is 3.26. The molecule has 1 aromatic rings. The zero-order valence-corrected chi connectivity index (χ0v) is 13.3. The van der Waals surface area contributed by atoms with E-state index in [-0.39, 0.29) is 23.7 Å². The molecular formula is C14H16BrF3N2O. The Labute approximate surface area is 129 Å². The van der Waals surface area contributed by atoms with Crippen LogP contribution in [-0.2, 0) is 11.0 Å². The fourth-order valence-electron chi connectivity index (χ4n) is 2.39. The fourth-order valence-corrected chi connectivity index (χ4v) is 2.87. The number of halogens is 4. The van der Waals surface area contributed by atoms with Crippen molar-refractivity contribution in [3.05, 3.63) is 28.2 Å². The molecule has 1 aromatic carbocycles. The fraction of sp³-hybridized carbons (Fsp3) is 0.500. The molecule has 2 rings (SSSR count). The maximum Gasteiger partial charge on any atom is 0.416 e. The van der Waals surface area contributed by atoms with Crippen LogP contribution in [0.2, 0.25) is 0 Å². The highest BCUT2D eigenvalue weighted by molar-refractivity contribution is 9.10. The van der Waals surface area contributed by atoms with E-state index in [2.05, 4.69) is 21.2 Å². The van der Waals surface area contributed by atoms with E-state index in [1.165, 1.54) is 11.0 Å². The largest absolute Gasteiger partial charge is 0.416 e. The van der Waals surface area contributed by atoms with Crippen LogP contribution in [0.4, 0.5) is 18.9 Å². The molecule has 0 bridgehead atoms. The lowest BCUT2D eigenvalue weighted by Gasteiger charge is -2.20. The summed E-state index contributed by atoms with van der Waals surface area (Å²) in [5.41, 5.74) is -0.491. The van der Waals surface area contributed by atoms with Gasteiger partial charge in [0.2, 0.25) is 5.91 Å².